The van der Waals surface area contributed by atoms with E-state index < -0.39 is 4.92 Å². The van der Waals surface area contributed by atoms with Gasteiger partial charge in [-0.3, -0.25) is 14.9 Å². The molecule has 0 saturated carbocycles. The lowest BCUT2D eigenvalue weighted by molar-refractivity contribution is -0.385. The molecule has 0 atom stereocenters. The second-order valence-electron chi connectivity index (χ2n) is 5.11. The van der Waals surface area contributed by atoms with Crippen molar-refractivity contribution in [3.05, 3.63) is 79.2 Å². The van der Waals surface area contributed by atoms with Crippen molar-refractivity contribution in [3.8, 4) is 0 Å². The van der Waals surface area contributed by atoms with Gasteiger partial charge in [0.2, 0.25) is 0 Å². The van der Waals surface area contributed by atoms with Crippen molar-refractivity contribution < 1.29 is 9.72 Å². The van der Waals surface area contributed by atoms with E-state index in [1.807, 2.05) is 24.3 Å². The number of carbonyl (C=O) groups excluding carboxylic acids is 1. The number of thiocarbonyl (C=S) groups is 1. The molecule has 1 fully saturated rings. The van der Waals surface area contributed by atoms with E-state index in [1.165, 1.54) is 12.3 Å². The van der Waals surface area contributed by atoms with Gasteiger partial charge in [0.15, 0.2) is 4.32 Å². The summed E-state index contributed by atoms with van der Waals surface area (Å²) in [6.45, 7) is 0. The first-order valence-corrected chi connectivity index (χ1v) is 9.28. The van der Waals surface area contributed by atoms with Gasteiger partial charge in [-0.05, 0) is 42.1 Å². The summed E-state index contributed by atoms with van der Waals surface area (Å²) < 4.78 is 1.21. The van der Waals surface area contributed by atoms with Gasteiger partial charge in [-0.15, -0.1) is 0 Å². The van der Waals surface area contributed by atoms with Crippen LogP contribution in [-0.2, 0) is 4.79 Å². The first kappa shape index (κ1) is 18.4. The topological polar surface area (TPSA) is 75.8 Å². The van der Waals surface area contributed by atoms with E-state index in [4.69, 9.17) is 12.2 Å². The van der Waals surface area contributed by atoms with Crippen LogP contribution in [0.15, 0.2) is 63.0 Å². The quantitative estimate of drug-likeness (QED) is 0.225. The number of rotatable bonds is 4. The Hall–Kier alpha value is -2.36. The lowest BCUT2D eigenvalue weighted by atomic mass is 10.2. The van der Waals surface area contributed by atoms with E-state index in [1.54, 1.807) is 24.3 Å². The van der Waals surface area contributed by atoms with Crippen molar-refractivity contribution in [2.45, 2.75) is 0 Å². The summed E-state index contributed by atoms with van der Waals surface area (Å²) in [5.41, 5.74) is 1.06. The maximum absolute atomic E-state index is 12.5. The van der Waals surface area contributed by atoms with Gasteiger partial charge < -0.3 is 0 Å². The molecule has 2 aromatic carbocycles. The molecule has 2 aromatic rings. The lowest BCUT2D eigenvalue weighted by Crippen LogP contribution is -2.22. The minimum Gasteiger partial charge on any atom is -0.266 e. The van der Waals surface area contributed by atoms with Crippen LogP contribution in [0, 0.1) is 10.1 Å². The van der Waals surface area contributed by atoms with Crippen molar-refractivity contribution in [1.29, 1.82) is 0 Å². The molecule has 0 aromatic heterocycles. The summed E-state index contributed by atoms with van der Waals surface area (Å²) in [5.74, 6) is -0.363. The number of para-hydroxylation sites is 1. The molecule has 3 rings (SSSR count). The number of halogens is 1. The highest BCUT2D eigenvalue weighted by Crippen LogP contribution is 2.33. The molecular weight excluding hydrogens is 438 g/mol. The second kappa shape index (κ2) is 7.90. The highest BCUT2D eigenvalue weighted by Gasteiger charge is 2.32. The summed E-state index contributed by atoms with van der Waals surface area (Å²) in [6.07, 6.45) is 3.00. The number of benzene rings is 2. The zero-order chi connectivity index (χ0) is 18.7. The Labute approximate surface area is 166 Å². The monoisotopic (exact) mass is 447 g/mol. The van der Waals surface area contributed by atoms with Crippen molar-refractivity contribution >= 4 is 68.1 Å². The normalized spacial score (nSPS) is 16.0. The smallest absolute Gasteiger partial charge is 0.266 e. The Bertz CT molecular complexity index is 958. The Balaban J connectivity index is 1.84. The number of nitro groups is 1. The molecule has 1 aliphatic rings. The Morgan fingerprint density at radius 3 is 2.58 bits per heavy atom. The molecule has 0 aliphatic carbocycles. The van der Waals surface area contributed by atoms with E-state index >= 15 is 0 Å². The predicted molar refractivity (Wildman–Crippen MR) is 110 cm³/mol. The van der Waals surface area contributed by atoms with Crippen LogP contribution in [-0.4, -0.2) is 26.4 Å². The molecule has 1 heterocycles. The van der Waals surface area contributed by atoms with Crippen molar-refractivity contribution in [2.24, 2.45) is 5.10 Å². The first-order chi connectivity index (χ1) is 12.5. The third-order valence-electron chi connectivity index (χ3n) is 3.39. The minimum absolute atomic E-state index is 0.0907. The molecule has 0 unspecified atom stereocenters. The Kier molecular flexibility index (Phi) is 5.60. The van der Waals surface area contributed by atoms with E-state index in [-0.39, 0.29) is 15.9 Å². The Morgan fingerprint density at radius 2 is 1.88 bits per heavy atom. The molecule has 130 valence electrons. The molecule has 0 spiro atoms. The van der Waals surface area contributed by atoms with Crippen LogP contribution >= 0.6 is 39.9 Å². The first-order valence-electron chi connectivity index (χ1n) is 7.26. The SMILES string of the molecule is O=C1/C(=C\c2ccc(Br)cc2)SC(=S)N1/N=C/c1ccccc1[N+](=O)[O-]. The van der Waals surface area contributed by atoms with Crippen LogP contribution < -0.4 is 0 Å². The summed E-state index contributed by atoms with van der Waals surface area (Å²) >= 11 is 9.70. The van der Waals surface area contributed by atoms with Gasteiger partial charge in [0.1, 0.15) is 0 Å². The fourth-order valence-corrected chi connectivity index (χ4v) is 3.59. The van der Waals surface area contributed by atoms with Crippen LogP contribution in [0.2, 0.25) is 0 Å². The number of hydrazone groups is 1. The molecule has 26 heavy (non-hydrogen) atoms. The molecule has 1 amide bonds. The third-order valence-corrected chi connectivity index (χ3v) is 5.20. The fourth-order valence-electron chi connectivity index (χ4n) is 2.15. The highest BCUT2D eigenvalue weighted by atomic mass is 79.9. The van der Waals surface area contributed by atoms with Crippen LogP contribution in [0.5, 0.6) is 0 Å². The van der Waals surface area contributed by atoms with Crippen LogP contribution in [0.4, 0.5) is 5.69 Å². The molecule has 0 N–H and O–H groups in total. The number of hydrogen-bond acceptors (Lipinski definition) is 6. The summed E-state index contributed by atoms with van der Waals surface area (Å²) in [6, 6.07) is 13.6. The van der Waals surface area contributed by atoms with Gasteiger partial charge in [0.05, 0.1) is 21.6 Å². The van der Waals surface area contributed by atoms with Gasteiger partial charge in [-0.2, -0.15) is 10.1 Å². The molecular formula is C17H10BrN3O3S2. The summed E-state index contributed by atoms with van der Waals surface area (Å²) in [5, 5.41) is 16.2. The van der Waals surface area contributed by atoms with Crippen LogP contribution in [0.1, 0.15) is 11.1 Å². The Morgan fingerprint density at radius 1 is 1.19 bits per heavy atom. The standard InChI is InChI=1S/C17H10BrN3O3S2/c18-13-7-5-11(6-8-13)9-15-16(22)20(17(25)26-15)19-10-12-3-1-2-4-14(12)21(23)24/h1-10H/b15-9+,19-10+. The average Bonchev–Trinajstić information content (AvgIpc) is 2.88. The van der Waals surface area contributed by atoms with E-state index in [2.05, 4.69) is 21.0 Å². The third kappa shape index (κ3) is 4.06. The van der Waals surface area contributed by atoms with Gasteiger partial charge in [0, 0.05) is 10.5 Å². The number of amides is 1. The molecule has 1 saturated heterocycles. The predicted octanol–water partition coefficient (Wildman–Crippen LogP) is 4.59. The fraction of sp³-hybridized carbons (Fsp3) is 0. The zero-order valence-electron chi connectivity index (χ0n) is 13.0. The number of nitro benzene ring substituents is 1. The molecule has 9 heteroatoms. The highest BCUT2D eigenvalue weighted by molar-refractivity contribution is 9.10. The number of carbonyl (C=O) groups is 1. The molecule has 1 aliphatic heterocycles. The van der Waals surface area contributed by atoms with Crippen molar-refractivity contribution in [3.63, 3.8) is 0 Å². The van der Waals surface area contributed by atoms with Gasteiger partial charge in [-0.25, -0.2) is 0 Å². The minimum atomic E-state index is -0.501. The van der Waals surface area contributed by atoms with E-state index in [9.17, 15) is 14.9 Å². The van der Waals surface area contributed by atoms with Gasteiger partial charge in [0.25, 0.3) is 11.6 Å². The molecule has 0 radical (unpaired) electrons. The van der Waals surface area contributed by atoms with Crippen LogP contribution in [0.25, 0.3) is 6.08 Å². The number of thioether (sulfide) groups is 1. The largest absolute Gasteiger partial charge is 0.286 e. The number of hydrogen-bond donors (Lipinski definition) is 0. The second-order valence-corrected chi connectivity index (χ2v) is 7.70. The summed E-state index contributed by atoms with van der Waals surface area (Å²) in [4.78, 5) is 23.5. The van der Waals surface area contributed by atoms with Crippen LogP contribution in [0.3, 0.4) is 0 Å². The van der Waals surface area contributed by atoms with E-state index in [0.29, 0.717) is 10.5 Å². The maximum Gasteiger partial charge on any atom is 0.286 e. The average molecular weight is 448 g/mol. The van der Waals surface area contributed by atoms with Crippen molar-refractivity contribution in [2.75, 3.05) is 0 Å². The van der Waals surface area contributed by atoms with Gasteiger partial charge in [-0.1, -0.05) is 52.0 Å². The zero-order valence-corrected chi connectivity index (χ0v) is 16.3. The maximum atomic E-state index is 12.5. The van der Waals surface area contributed by atoms with Crippen molar-refractivity contribution in [1.82, 2.24) is 5.01 Å². The number of nitrogens with zero attached hydrogens (tertiary/aromatic N) is 3. The van der Waals surface area contributed by atoms with Gasteiger partial charge >= 0.3 is 0 Å². The van der Waals surface area contributed by atoms with E-state index in [0.717, 1.165) is 26.8 Å². The summed E-state index contributed by atoms with van der Waals surface area (Å²) in [7, 11) is 0. The molecule has 6 nitrogen and oxygen atoms in total. The lowest BCUT2D eigenvalue weighted by Gasteiger charge is -2.06. The molecule has 0 bridgehead atoms.